The van der Waals surface area contributed by atoms with Crippen molar-refractivity contribution in [2.75, 3.05) is 13.1 Å². The van der Waals surface area contributed by atoms with Gasteiger partial charge in [-0.3, -0.25) is 4.90 Å². The van der Waals surface area contributed by atoms with Crippen LogP contribution in [0, 0.1) is 5.92 Å². The molecule has 0 spiro atoms. The maximum absolute atomic E-state index is 3.87. The van der Waals surface area contributed by atoms with E-state index in [2.05, 4.69) is 61.3 Å². The zero-order valence-electron chi connectivity index (χ0n) is 13.1. The number of rotatable bonds is 4. The van der Waals surface area contributed by atoms with E-state index >= 15 is 0 Å². The van der Waals surface area contributed by atoms with Gasteiger partial charge in [0.2, 0.25) is 0 Å². The van der Waals surface area contributed by atoms with Gasteiger partial charge < -0.3 is 5.32 Å². The van der Waals surface area contributed by atoms with E-state index < -0.39 is 0 Å². The highest BCUT2D eigenvalue weighted by atomic mass is 15.3. The maximum Gasteiger partial charge on any atom is 0.0476 e. The standard InChI is InChI=1S/C18H28N2/c1-4-18(5-2)13-20(16-11-14(16)3)17(12-19-18)15-9-7-6-8-10-15/h6-10,14,16-17,19H,4-5,11-13H2,1-3H3. The normalized spacial score (nSPS) is 33.0. The number of benzene rings is 1. The summed E-state index contributed by atoms with van der Waals surface area (Å²) in [6, 6.07) is 12.4. The van der Waals surface area contributed by atoms with E-state index in [1.54, 1.807) is 0 Å². The first kappa shape index (κ1) is 14.1. The Balaban J connectivity index is 1.84. The van der Waals surface area contributed by atoms with Crippen molar-refractivity contribution in [2.24, 2.45) is 5.92 Å². The van der Waals surface area contributed by atoms with Gasteiger partial charge in [0, 0.05) is 30.7 Å². The molecule has 1 aliphatic carbocycles. The molecule has 0 bridgehead atoms. The molecule has 1 aliphatic heterocycles. The van der Waals surface area contributed by atoms with Gasteiger partial charge in [0.05, 0.1) is 0 Å². The second-order valence-corrected chi connectivity index (χ2v) is 6.75. The number of hydrogen-bond acceptors (Lipinski definition) is 2. The van der Waals surface area contributed by atoms with Crippen LogP contribution in [-0.4, -0.2) is 29.6 Å². The molecule has 3 atom stereocenters. The van der Waals surface area contributed by atoms with E-state index in [9.17, 15) is 0 Å². The lowest BCUT2D eigenvalue weighted by atomic mass is 9.87. The summed E-state index contributed by atoms with van der Waals surface area (Å²) < 4.78 is 0. The Morgan fingerprint density at radius 2 is 1.85 bits per heavy atom. The van der Waals surface area contributed by atoms with Crippen LogP contribution in [0.3, 0.4) is 0 Å². The van der Waals surface area contributed by atoms with Crippen molar-refractivity contribution in [1.29, 1.82) is 0 Å². The molecule has 1 aromatic rings. The van der Waals surface area contributed by atoms with E-state index in [1.807, 2.05) is 0 Å². The fraction of sp³-hybridized carbons (Fsp3) is 0.667. The van der Waals surface area contributed by atoms with Gasteiger partial charge in [0.1, 0.15) is 0 Å². The molecule has 1 N–H and O–H groups in total. The minimum Gasteiger partial charge on any atom is -0.308 e. The van der Waals surface area contributed by atoms with E-state index in [1.165, 1.54) is 31.4 Å². The van der Waals surface area contributed by atoms with Crippen molar-refractivity contribution < 1.29 is 0 Å². The molecule has 2 fully saturated rings. The van der Waals surface area contributed by atoms with Crippen LogP contribution in [0.25, 0.3) is 0 Å². The Bertz CT molecular complexity index is 438. The Morgan fingerprint density at radius 1 is 1.20 bits per heavy atom. The molecule has 3 unspecified atom stereocenters. The Hall–Kier alpha value is -0.860. The minimum atomic E-state index is 0.327. The van der Waals surface area contributed by atoms with E-state index in [-0.39, 0.29) is 0 Å². The van der Waals surface area contributed by atoms with Crippen molar-refractivity contribution in [3.8, 4) is 0 Å². The monoisotopic (exact) mass is 272 g/mol. The summed E-state index contributed by atoms with van der Waals surface area (Å²) >= 11 is 0. The molecule has 0 aromatic heterocycles. The Labute approximate surface area is 123 Å². The molecule has 0 amide bonds. The second-order valence-electron chi connectivity index (χ2n) is 6.75. The molecule has 1 aromatic carbocycles. The van der Waals surface area contributed by atoms with Crippen molar-refractivity contribution in [3.63, 3.8) is 0 Å². The molecule has 2 heteroatoms. The molecule has 2 nitrogen and oxygen atoms in total. The third-order valence-electron chi connectivity index (χ3n) is 5.59. The van der Waals surface area contributed by atoms with Gasteiger partial charge >= 0.3 is 0 Å². The van der Waals surface area contributed by atoms with E-state index in [0.29, 0.717) is 11.6 Å². The third-order valence-corrected chi connectivity index (χ3v) is 5.59. The summed E-state index contributed by atoms with van der Waals surface area (Å²) in [6.45, 7) is 9.35. The third kappa shape index (κ3) is 2.51. The lowest BCUT2D eigenvalue weighted by Gasteiger charge is -2.48. The van der Waals surface area contributed by atoms with Crippen LogP contribution in [0.15, 0.2) is 30.3 Å². The first-order valence-electron chi connectivity index (χ1n) is 8.25. The van der Waals surface area contributed by atoms with Crippen LogP contribution in [0.4, 0.5) is 0 Å². The second kappa shape index (κ2) is 5.50. The summed E-state index contributed by atoms with van der Waals surface area (Å²) in [5.41, 5.74) is 1.80. The van der Waals surface area contributed by atoms with Crippen LogP contribution in [0.5, 0.6) is 0 Å². The summed E-state index contributed by atoms with van der Waals surface area (Å²) in [5.74, 6) is 0.880. The molecule has 2 aliphatic rings. The minimum absolute atomic E-state index is 0.327. The highest BCUT2D eigenvalue weighted by Crippen LogP contribution is 2.42. The van der Waals surface area contributed by atoms with Crippen molar-refractivity contribution in [1.82, 2.24) is 10.2 Å². The number of hydrogen-bond donors (Lipinski definition) is 1. The van der Waals surface area contributed by atoms with Gasteiger partial charge in [-0.05, 0) is 30.7 Å². The number of nitrogens with one attached hydrogen (secondary N) is 1. The smallest absolute Gasteiger partial charge is 0.0476 e. The van der Waals surface area contributed by atoms with Gasteiger partial charge in [-0.2, -0.15) is 0 Å². The molecule has 110 valence electrons. The summed E-state index contributed by atoms with van der Waals surface area (Å²) in [4.78, 5) is 2.80. The quantitative estimate of drug-likeness (QED) is 0.901. The molecule has 1 heterocycles. The largest absolute Gasteiger partial charge is 0.308 e. The van der Waals surface area contributed by atoms with E-state index in [0.717, 1.165) is 18.5 Å². The number of piperazine rings is 1. The van der Waals surface area contributed by atoms with Gasteiger partial charge in [0.25, 0.3) is 0 Å². The lowest BCUT2D eigenvalue weighted by molar-refractivity contribution is 0.0617. The van der Waals surface area contributed by atoms with Gasteiger partial charge in [-0.1, -0.05) is 51.1 Å². The lowest BCUT2D eigenvalue weighted by Crippen LogP contribution is -2.61. The molecule has 1 saturated carbocycles. The molecule has 3 rings (SSSR count). The fourth-order valence-electron chi connectivity index (χ4n) is 3.77. The van der Waals surface area contributed by atoms with Gasteiger partial charge in [-0.15, -0.1) is 0 Å². The van der Waals surface area contributed by atoms with Gasteiger partial charge in [0.15, 0.2) is 0 Å². The Kier molecular flexibility index (Phi) is 3.87. The summed E-state index contributed by atoms with van der Waals surface area (Å²) in [7, 11) is 0. The first-order valence-corrected chi connectivity index (χ1v) is 8.25. The predicted octanol–water partition coefficient (Wildman–Crippen LogP) is 3.60. The van der Waals surface area contributed by atoms with Gasteiger partial charge in [-0.25, -0.2) is 0 Å². The molecular formula is C18H28N2. The van der Waals surface area contributed by atoms with Crippen LogP contribution >= 0.6 is 0 Å². The zero-order valence-corrected chi connectivity index (χ0v) is 13.1. The Morgan fingerprint density at radius 3 is 2.40 bits per heavy atom. The van der Waals surface area contributed by atoms with E-state index in [4.69, 9.17) is 0 Å². The highest BCUT2D eigenvalue weighted by molar-refractivity contribution is 5.22. The molecule has 1 saturated heterocycles. The molecule has 20 heavy (non-hydrogen) atoms. The summed E-state index contributed by atoms with van der Waals surface area (Å²) in [5, 5.41) is 3.87. The molecular weight excluding hydrogens is 244 g/mol. The van der Waals surface area contributed by atoms with Crippen LogP contribution < -0.4 is 5.32 Å². The SMILES string of the molecule is CCC1(CC)CN(C2CC2C)C(c2ccccc2)CN1. The maximum atomic E-state index is 3.87. The highest BCUT2D eigenvalue weighted by Gasteiger charge is 2.46. The summed E-state index contributed by atoms with van der Waals surface area (Å²) in [6.07, 6.45) is 3.83. The average molecular weight is 272 g/mol. The van der Waals surface area contributed by atoms with Crippen molar-refractivity contribution in [3.05, 3.63) is 35.9 Å². The molecule has 0 radical (unpaired) electrons. The zero-order chi connectivity index (χ0) is 14.2. The first-order chi connectivity index (χ1) is 9.69. The number of nitrogens with zero attached hydrogens (tertiary/aromatic N) is 1. The van der Waals surface area contributed by atoms with Crippen LogP contribution in [0.2, 0.25) is 0 Å². The average Bonchev–Trinajstić information content (AvgIpc) is 3.24. The fourth-order valence-corrected chi connectivity index (χ4v) is 3.77. The van der Waals surface area contributed by atoms with Crippen LogP contribution in [0.1, 0.15) is 51.6 Å². The van der Waals surface area contributed by atoms with Crippen molar-refractivity contribution >= 4 is 0 Å². The van der Waals surface area contributed by atoms with Crippen molar-refractivity contribution in [2.45, 2.75) is 57.7 Å². The topological polar surface area (TPSA) is 15.3 Å². The predicted molar refractivity (Wildman–Crippen MR) is 84.8 cm³/mol. The van der Waals surface area contributed by atoms with Crippen LogP contribution in [-0.2, 0) is 0 Å².